The molecular weight excluding hydrogens is 507 g/mol. The first-order chi connectivity index (χ1) is 18.3. The lowest BCUT2D eigenvalue weighted by atomic mass is 10.1. The maximum Gasteiger partial charge on any atom is 0.469 e. The van der Waals surface area contributed by atoms with Gasteiger partial charge in [-0.25, -0.2) is 4.57 Å². The van der Waals surface area contributed by atoms with E-state index in [-0.39, 0.29) is 19.4 Å². The number of esters is 2. The van der Waals surface area contributed by atoms with Crippen LogP contribution in [0.2, 0.25) is 0 Å². The Morgan fingerprint density at radius 1 is 0.711 bits per heavy atom. The highest BCUT2D eigenvalue weighted by Crippen LogP contribution is 2.35. The molecule has 0 aromatic rings. The van der Waals surface area contributed by atoms with Gasteiger partial charge in [-0.2, -0.15) is 0 Å². The summed E-state index contributed by atoms with van der Waals surface area (Å²) in [4.78, 5) is 42.1. The Morgan fingerprint density at radius 3 is 2.08 bits per heavy atom. The zero-order valence-electron chi connectivity index (χ0n) is 23.0. The summed E-state index contributed by atoms with van der Waals surface area (Å²) in [6.45, 7) is 3.26. The second kappa shape index (κ2) is 25.1. The third kappa shape index (κ3) is 26.8. The molecule has 0 aliphatic carbocycles. The molecule has 1 unspecified atom stereocenters. The summed E-state index contributed by atoms with van der Waals surface area (Å²) in [6.07, 6.45) is 28.5. The fraction of sp³-hybridized carbons (Fsp3) is 0.586. The summed E-state index contributed by atoms with van der Waals surface area (Å²) < 4.78 is 25.9. The summed E-state index contributed by atoms with van der Waals surface area (Å²) in [5.74, 6) is -1.01. The number of ether oxygens (including phenoxy) is 2. The van der Waals surface area contributed by atoms with Gasteiger partial charge >= 0.3 is 19.8 Å². The van der Waals surface area contributed by atoms with Crippen LogP contribution in [0.3, 0.4) is 0 Å². The summed E-state index contributed by atoms with van der Waals surface area (Å²) in [5, 5.41) is 0. The number of hydrogen-bond donors (Lipinski definition) is 2. The van der Waals surface area contributed by atoms with Crippen molar-refractivity contribution in [3.8, 4) is 0 Å². The van der Waals surface area contributed by atoms with Crippen LogP contribution in [0.25, 0.3) is 0 Å². The highest BCUT2D eigenvalue weighted by Gasteiger charge is 2.22. The van der Waals surface area contributed by atoms with Crippen molar-refractivity contribution in [1.82, 2.24) is 0 Å². The predicted molar refractivity (Wildman–Crippen MR) is 151 cm³/mol. The van der Waals surface area contributed by atoms with Crippen molar-refractivity contribution in [2.75, 3.05) is 13.2 Å². The summed E-state index contributed by atoms with van der Waals surface area (Å²) >= 11 is 0. The number of phosphoric acid groups is 1. The minimum absolute atomic E-state index is 0.150. The Balaban J connectivity index is 4.21. The van der Waals surface area contributed by atoms with Crippen LogP contribution < -0.4 is 0 Å². The normalized spacial score (nSPS) is 13.5. The third-order valence-corrected chi connectivity index (χ3v) is 5.59. The molecule has 216 valence electrons. The molecule has 9 heteroatoms. The van der Waals surface area contributed by atoms with Crippen molar-refractivity contribution in [2.45, 2.75) is 97.0 Å². The fourth-order valence-electron chi connectivity index (χ4n) is 3.14. The molecule has 0 heterocycles. The minimum atomic E-state index is -4.75. The topological polar surface area (TPSA) is 119 Å². The summed E-state index contributed by atoms with van der Waals surface area (Å²) in [6, 6.07) is 0. The van der Waals surface area contributed by atoms with Crippen LogP contribution in [-0.2, 0) is 28.2 Å². The van der Waals surface area contributed by atoms with E-state index in [2.05, 4.69) is 36.6 Å². The Bertz CT molecular complexity index is 807. The summed E-state index contributed by atoms with van der Waals surface area (Å²) in [5.41, 5.74) is 0. The van der Waals surface area contributed by atoms with Gasteiger partial charge in [0, 0.05) is 12.8 Å². The Hall–Kier alpha value is -2.25. The lowest BCUT2D eigenvalue weighted by Gasteiger charge is -2.18. The molecule has 0 saturated heterocycles. The van der Waals surface area contributed by atoms with Crippen molar-refractivity contribution >= 4 is 19.8 Å². The molecule has 8 nitrogen and oxygen atoms in total. The molecule has 0 saturated carbocycles. The SMILES string of the molecule is CC/C=C/C=C/C=C/CCCCCCCC(=O)OC(COC(=O)CC/C=C/C/C=C/CC)COP(=O)(O)O. The number of phosphoric ester groups is 1. The zero-order valence-corrected chi connectivity index (χ0v) is 23.9. The van der Waals surface area contributed by atoms with E-state index in [9.17, 15) is 14.2 Å². The van der Waals surface area contributed by atoms with E-state index in [1.807, 2.05) is 42.5 Å². The molecule has 1 atom stereocenters. The molecule has 0 spiro atoms. The monoisotopic (exact) mass is 554 g/mol. The van der Waals surface area contributed by atoms with Crippen LogP contribution in [-0.4, -0.2) is 41.0 Å². The lowest BCUT2D eigenvalue weighted by molar-refractivity contribution is -0.161. The van der Waals surface area contributed by atoms with E-state index in [0.29, 0.717) is 12.8 Å². The minimum Gasteiger partial charge on any atom is -0.462 e. The predicted octanol–water partition coefficient (Wildman–Crippen LogP) is 7.05. The van der Waals surface area contributed by atoms with E-state index in [1.165, 1.54) is 0 Å². The second-order valence-electron chi connectivity index (χ2n) is 8.66. The first-order valence-corrected chi connectivity index (χ1v) is 15.1. The molecule has 0 rings (SSSR count). The van der Waals surface area contributed by atoms with Gasteiger partial charge in [-0.05, 0) is 44.9 Å². The maximum absolute atomic E-state index is 12.2. The van der Waals surface area contributed by atoms with E-state index in [0.717, 1.165) is 51.4 Å². The molecule has 0 amide bonds. The molecule has 0 aliphatic heterocycles. The van der Waals surface area contributed by atoms with E-state index < -0.39 is 32.5 Å². The van der Waals surface area contributed by atoms with Crippen LogP contribution in [0.5, 0.6) is 0 Å². The fourth-order valence-corrected chi connectivity index (χ4v) is 3.50. The largest absolute Gasteiger partial charge is 0.469 e. The van der Waals surface area contributed by atoms with Gasteiger partial charge in [0.2, 0.25) is 0 Å². The van der Waals surface area contributed by atoms with Crippen molar-refractivity contribution < 1.29 is 37.9 Å². The number of hydrogen-bond acceptors (Lipinski definition) is 6. The van der Waals surface area contributed by atoms with Gasteiger partial charge in [0.25, 0.3) is 0 Å². The van der Waals surface area contributed by atoms with Crippen molar-refractivity contribution in [1.29, 1.82) is 0 Å². The first-order valence-electron chi connectivity index (χ1n) is 13.6. The Kier molecular flexibility index (Phi) is 23.6. The molecule has 0 bridgehead atoms. The molecule has 0 aliphatic rings. The van der Waals surface area contributed by atoms with E-state index >= 15 is 0 Å². The smallest absolute Gasteiger partial charge is 0.462 e. The van der Waals surface area contributed by atoms with Crippen LogP contribution in [0.4, 0.5) is 0 Å². The average Bonchev–Trinajstić information content (AvgIpc) is 2.87. The standard InChI is InChI=1S/C29H47O8P/c1-3-5-7-9-11-12-13-14-15-16-18-20-22-24-29(31)37-27(26-36-38(32,33)34)25-35-28(30)23-21-19-17-10-8-6-4-2/h5-9,11-13,17,19,27H,3-4,10,14-16,18,20-26H2,1-2H3,(H2,32,33,34)/b7-5+,8-6+,11-9+,13-12+,19-17+. The quantitative estimate of drug-likeness (QED) is 0.0453. The van der Waals surface area contributed by atoms with Gasteiger partial charge in [0.1, 0.15) is 6.61 Å². The molecule has 0 aromatic carbocycles. The van der Waals surface area contributed by atoms with Crippen molar-refractivity contribution in [2.24, 2.45) is 0 Å². The Labute approximate surface area is 228 Å². The highest BCUT2D eigenvalue weighted by molar-refractivity contribution is 7.46. The van der Waals surface area contributed by atoms with E-state index in [4.69, 9.17) is 19.3 Å². The number of unbranched alkanes of at least 4 members (excludes halogenated alkanes) is 5. The number of allylic oxidation sites excluding steroid dienone is 10. The van der Waals surface area contributed by atoms with E-state index in [1.54, 1.807) is 0 Å². The van der Waals surface area contributed by atoms with Gasteiger partial charge < -0.3 is 19.3 Å². The van der Waals surface area contributed by atoms with Gasteiger partial charge in [-0.1, -0.05) is 93.9 Å². The Morgan fingerprint density at radius 2 is 1.37 bits per heavy atom. The van der Waals surface area contributed by atoms with Gasteiger partial charge in [0.15, 0.2) is 6.10 Å². The molecular formula is C29H47O8P. The van der Waals surface area contributed by atoms with Crippen molar-refractivity contribution in [3.63, 3.8) is 0 Å². The average molecular weight is 555 g/mol. The lowest BCUT2D eigenvalue weighted by Crippen LogP contribution is -2.29. The maximum atomic E-state index is 12.2. The van der Waals surface area contributed by atoms with Gasteiger partial charge in [0.05, 0.1) is 6.61 Å². The number of carbonyl (C=O) groups excluding carboxylic acids is 2. The molecule has 0 radical (unpaired) electrons. The van der Waals surface area contributed by atoms with Gasteiger partial charge in [-0.3, -0.25) is 14.1 Å². The molecule has 0 aromatic heterocycles. The van der Waals surface area contributed by atoms with Crippen LogP contribution in [0.1, 0.15) is 90.9 Å². The zero-order chi connectivity index (χ0) is 28.3. The van der Waals surface area contributed by atoms with Crippen LogP contribution >= 0.6 is 7.82 Å². The summed E-state index contributed by atoms with van der Waals surface area (Å²) in [7, 11) is -4.75. The molecule has 0 fully saturated rings. The third-order valence-electron chi connectivity index (χ3n) is 5.11. The van der Waals surface area contributed by atoms with Crippen LogP contribution in [0, 0.1) is 0 Å². The number of carbonyl (C=O) groups is 2. The van der Waals surface area contributed by atoms with Gasteiger partial charge in [-0.15, -0.1) is 0 Å². The highest BCUT2D eigenvalue weighted by atomic mass is 31.2. The molecule has 2 N–H and O–H groups in total. The number of rotatable bonds is 23. The second-order valence-corrected chi connectivity index (χ2v) is 9.90. The van der Waals surface area contributed by atoms with Crippen molar-refractivity contribution in [3.05, 3.63) is 60.8 Å². The van der Waals surface area contributed by atoms with Crippen LogP contribution in [0.15, 0.2) is 60.8 Å². The molecule has 38 heavy (non-hydrogen) atoms. The first kappa shape index (κ1) is 35.8.